The molecule has 1 N–H and O–H groups in total. The van der Waals surface area contributed by atoms with Crippen LogP contribution in [0.15, 0.2) is 0 Å². The summed E-state index contributed by atoms with van der Waals surface area (Å²) >= 11 is 0. The van der Waals surface area contributed by atoms with Gasteiger partial charge >= 0.3 is 5.97 Å². The Bertz CT molecular complexity index is 214. The van der Waals surface area contributed by atoms with E-state index < -0.39 is 5.54 Å². The molecule has 1 aliphatic rings. The van der Waals surface area contributed by atoms with Gasteiger partial charge in [-0.1, -0.05) is 0 Å². The first kappa shape index (κ1) is 13.4. The number of ether oxygens (including phenoxy) is 3. The molecule has 0 spiro atoms. The van der Waals surface area contributed by atoms with Gasteiger partial charge in [0.2, 0.25) is 0 Å². The van der Waals surface area contributed by atoms with Crippen LogP contribution >= 0.6 is 0 Å². The van der Waals surface area contributed by atoms with Gasteiger partial charge in [-0.15, -0.1) is 0 Å². The maximum absolute atomic E-state index is 11.7. The van der Waals surface area contributed by atoms with Gasteiger partial charge in [0, 0.05) is 7.11 Å². The van der Waals surface area contributed by atoms with Crippen molar-refractivity contribution in [1.29, 1.82) is 0 Å². The predicted octanol–water partition coefficient (Wildman–Crippen LogP) is 0.335. The molecule has 1 rings (SSSR count). The molecule has 1 heterocycles. The molecular weight excluding hydrogens is 210 g/mol. The Labute approximate surface area is 96.4 Å². The lowest BCUT2D eigenvalue weighted by Crippen LogP contribution is -2.46. The van der Waals surface area contributed by atoms with Crippen LogP contribution in [0.4, 0.5) is 0 Å². The molecular formula is C11H21NO4. The highest BCUT2D eigenvalue weighted by molar-refractivity contribution is 5.80. The summed E-state index contributed by atoms with van der Waals surface area (Å²) in [4.78, 5) is 11.7. The number of rotatable bonds is 7. The van der Waals surface area contributed by atoms with E-state index in [4.69, 9.17) is 14.2 Å². The summed E-state index contributed by atoms with van der Waals surface area (Å²) in [6.07, 6.45) is 1.87. The third kappa shape index (κ3) is 4.08. The van der Waals surface area contributed by atoms with E-state index in [1.54, 1.807) is 7.11 Å². The lowest BCUT2D eigenvalue weighted by molar-refractivity contribution is -0.152. The van der Waals surface area contributed by atoms with Gasteiger partial charge in [0.25, 0.3) is 0 Å². The minimum atomic E-state index is -0.494. The van der Waals surface area contributed by atoms with Gasteiger partial charge in [-0.2, -0.15) is 0 Å². The second kappa shape index (κ2) is 6.83. The minimum absolute atomic E-state index is 0.180. The van der Waals surface area contributed by atoms with Crippen molar-refractivity contribution in [2.24, 2.45) is 0 Å². The largest absolute Gasteiger partial charge is 0.462 e. The normalized spacial score (nSPS) is 24.6. The molecule has 1 saturated heterocycles. The summed E-state index contributed by atoms with van der Waals surface area (Å²) in [5, 5.41) is 3.16. The topological polar surface area (TPSA) is 56.8 Å². The third-order valence-electron chi connectivity index (χ3n) is 2.71. The van der Waals surface area contributed by atoms with E-state index in [-0.39, 0.29) is 5.97 Å². The first-order valence-corrected chi connectivity index (χ1v) is 5.68. The molecule has 16 heavy (non-hydrogen) atoms. The standard InChI is InChI=1S/C11H21NO4/c1-11(4-3-5-12-11)10(13)16-9-8-15-7-6-14-2/h12H,3-9H2,1-2H3. The Kier molecular flexibility index (Phi) is 5.73. The van der Waals surface area contributed by atoms with Crippen molar-refractivity contribution in [2.75, 3.05) is 40.1 Å². The summed E-state index contributed by atoms with van der Waals surface area (Å²) in [5.74, 6) is -0.180. The van der Waals surface area contributed by atoms with E-state index in [1.807, 2.05) is 6.92 Å². The van der Waals surface area contributed by atoms with Crippen molar-refractivity contribution in [3.05, 3.63) is 0 Å². The molecule has 5 nitrogen and oxygen atoms in total. The Balaban J connectivity index is 2.06. The quantitative estimate of drug-likeness (QED) is 0.505. The van der Waals surface area contributed by atoms with E-state index in [9.17, 15) is 4.79 Å². The van der Waals surface area contributed by atoms with Crippen molar-refractivity contribution in [3.63, 3.8) is 0 Å². The van der Waals surface area contributed by atoms with Crippen LogP contribution in [0.5, 0.6) is 0 Å². The second-order valence-electron chi connectivity index (χ2n) is 4.10. The van der Waals surface area contributed by atoms with Crippen LogP contribution in [-0.4, -0.2) is 51.6 Å². The molecule has 1 atom stereocenters. The van der Waals surface area contributed by atoms with Crippen molar-refractivity contribution >= 4 is 5.97 Å². The van der Waals surface area contributed by atoms with Gasteiger partial charge in [0.15, 0.2) is 0 Å². The van der Waals surface area contributed by atoms with Gasteiger partial charge in [-0.25, -0.2) is 0 Å². The Morgan fingerprint density at radius 1 is 1.31 bits per heavy atom. The number of carbonyl (C=O) groups excluding carboxylic acids is 1. The highest BCUT2D eigenvalue weighted by atomic mass is 16.6. The Morgan fingerprint density at radius 3 is 2.69 bits per heavy atom. The molecule has 0 amide bonds. The molecule has 94 valence electrons. The molecule has 0 aromatic rings. The van der Waals surface area contributed by atoms with E-state index in [2.05, 4.69) is 5.32 Å². The van der Waals surface area contributed by atoms with Crippen LogP contribution in [0.3, 0.4) is 0 Å². The highest BCUT2D eigenvalue weighted by Gasteiger charge is 2.37. The van der Waals surface area contributed by atoms with Gasteiger partial charge < -0.3 is 19.5 Å². The van der Waals surface area contributed by atoms with Crippen LogP contribution in [0.25, 0.3) is 0 Å². The maximum atomic E-state index is 11.7. The molecule has 0 aliphatic carbocycles. The number of methoxy groups -OCH3 is 1. The van der Waals surface area contributed by atoms with E-state index in [0.29, 0.717) is 26.4 Å². The number of nitrogens with one attached hydrogen (secondary N) is 1. The zero-order valence-electron chi connectivity index (χ0n) is 10.1. The Morgan fingerprint density at radius 2 is 2.06 bits per heavy atom. The lowest BCUT2D eigenvalue weighted by Gasteiger charge is -2.21. The molecule has 0 radical (unpaired) electrons. The molecule has 0 bridgehead atoms. The van der Waals surface area contributed by atoms with Crippen LogP contribution in [-0.2, 0) is 19.0 Å². The van der Waals surface area contributed by atoms with Gasteiger partial charge in [-0.05, 0) is 26.3 Å². The van der Waals surface area contributed by atoms with Crippen LogP contribution < -0.4 is 5.32 Å². The van der Waals surface area contributed by atoms with E-state index in [1.165, 1.54) is 0 Å². The average Bonchev–Trinajstić information content (AvgIpc) is 2.71. The molecule has 0 aromatic heterocycles. The maximum Gasteiger partial charge on any atom is 0.326 e. The summed E-state index contributed by atoms with van der Waals surface area (Å²) in [5.41, 5.74) is -0.494. The second-order valence-corrected chi connectivity index (χ2v) is 4.10. The van der Waals surface area contributed by atoms with E-state index in [0.717, 1.165) is 19.4 Å². The van der Waals surface area contributed by atoms with Crippen LogP contribution in [0.1, 0.15) is 19.8 Å². The van der Waals surface area contributed by atoms with Crippen LogP contribution in [0.2, 0.25) is 0 Å². The summed E-state index contributed by atoms with van der Waals surface area (Å²) in [6, 6.07) is 0. The van der Waals surface area contributed by atoms with Crippen molar-refractivity contribution < 1.29 is 19.0 Å². The number of hydrogen-bond donors (Lipinski definition) is 1. The van der Waals surface area contributed by atoms with Gasteiger partial charge in [0.1, 0.15) is 12.1 Å². The molecule has 1 unspecified atom stereocenters. The monoisotopic (exact) mass is 231 g/mol. The first-order chi connectivity index (χ1) is 7.69. The lowest BCUT2D eigenvalue weighted by atomic mass is 10.0. The molecule has 0 saturated carbocycles. The fourth-order valence-electron chi connectivity index (χ4n) is 1.67. The SMILES string of the molecule is COCCOCCOC(=O)C1(C)CCCN1. The third-order valence-corrected chi connectivity index (χ3v) is 2.71. The van der Waals surface area contributed by atoms with Crippen molar-refractivity contribution in [1.82, 2.24) is 5.32 Å². The zero-order chi connectivity index (χ0) is 11.9. The van der Waals surface area contributed by atoms with Gasteiger partial charge in [0.05, 0.1) is 19.8 Å². The minimum Gasteiger partial charge on any atom is -0.462 e. The molecule has 5 heteroatoms. The average molecular weight is 231 g/mol. The summed E-state index contributed by atoms with van der Waals surface area (Å²) in [7, 11) is 1.62. The fraction of sp³-hybridized carbons (Fsp3) is 0.909. The number of hydrogen-bond acceptors (Lipinski definition) is 5. The molecule has 0 aromatic carbocycles. The van der Waals surface area contributed by atoms with E-state index >= 15 is 0 Å². The smallest absolute Gasteiger partial charge is 0.326 e. The molecule has 1 aliphatic heterocycles. The number of esters is 1. The van der Waals surface area contributed by atoms with Gasteiger partial charge in [-0.3, -0.25) is 4.79 Å². The fourth-order valence-corrected chi connectivity index (χ4v) is 1.67. The predicted molar refractivity (Wildman–Crippen MR) is 59.3 cm³/mol. The zero-order valence-corrected chi connectivity index (χ0v) is 10.1. The van der Waals surface area contributed by atoms with Crippen LogP contribution in [0, 0.1) is 0 Å². The van der Waals surface area contributed by atoms with Crippen molar-refractivity contribution in [2.45, 2.75) is 25.3 Å². The van der Waals surface area contributed by atoms with Crippen molar-refractivity contribution in [3.8, 4) is 0 Å². The first-order valence-electron chi connectivity index (χ1n) is 5.68. The summed E-state index contributed by atoms with van der Waals surface area (Å²) < 4.78 is 15.2. The Hall–Kier alpha value is -0.650. The summed E-state index contributed by atoms with van der Waals surface area (Å²) in [6.45, 7) is 4.59. The molecule has 1 fully saturated rings. The number of carbonyl (C=O) groups is 1. The highest BCUT2D eigenvalue weighted by Crippen LogP contribution is 2.19.